The third-order valence-electron chi connectivity index (χ3n) is 5.83. The Hall–Kier alpha value is -3.03. The van der Waals surface area contributed by atoms with Crippen molar-refractivity contribution in [3.05, 3.63) is 47.2 Å². The minimum Gasteiger partial charge on any atom is -0.373 e. The quantitative estimate of drug-likeness (QED) is 0.854. The first-order valence-corrected chi connectivity index (χ1v) is 10.1. The maximum Gasteiger partial charge on any atom is 0.253 e. The van der Waals surface area contributed by atoms with Crippen LogP contribution in [0.4, 0.5) is 5.82 Å². The van der Waals surface area contributed by atoms with Crippen LogP contribution in [0.15, 0.2) is 24.5 Å². The van der Waals surface area contributed by atoms with Gasteiger partial charge in [-0.25, -0.2) is 9.97 Å². The first kappa shape index (κ1) is 19.3. The Kier molecular flexibility index (Phi) is 5.42. The number of pyridine rings is 1. The van der Waals surface area contributed by atoms with Crippen molar-refractivity contribution in [2.24, 2.45) is 0 Å². The zero-order chi connectivity index (χ0) is 20.4. The summed E-state index contributed by atoms with van der Waals surface area (Å²) >= 11 is 0. The van der Waals surface area contributed by atoms with E-state index in [0.717, 1.165) is 42.2 Å². The molecule has 2 amide bonds. The van der Waals surface area contributed by atoms with Crippen LogP contribution in [-0.2, 0) is 17.8 Å². The molecule has 8 nitrogen and oxygen atoms in total. The molecule has 0 atom stereocenters. The molecule has 2 aromatic rings. The molecule has 1 N–H and O–H groups in total. The van der Waals surface area contributed by atoms with Crippen molar-refractivity contribution in [1.82, 2.24) is 24.8 Å². The minimum atomic E-state index is 0.0532. The number of anilines is 1. The Morgan fingerprint density at radius 2 is 1.79 bits per heavy atom. The van der Waals surface area contributed by atoms with E-state index in [4.69, 9.17) is 9.97 Å². The van der Waals surface area contributed by atoms with Crippen molar-refractivity contribution in [3.63, 3.8) is 0 Å². The number of nitrogens with zero attached hydrogens (tertiary/aromatic N) is 5. The second kappa shape index (κ2) is 8.14. The minimum absolute atomic E-state index is 0.0532. The summed E-state index contributed by atoms with van der Waals surface area (Å²) in [6.07, 6.45) is 5.73. The van der Waals surface area contributed by atoms with Crippen LogP contribution in [0.2, 0.25) is 0 Å². The lowest BCUT2D eigenvalue weighted by molar-refractivity contribution is -0.129. The monoisotopic (exact) mass is 394 g/mol. The van der Waals surface area contributed by atoms with Crippen LogP contribution in [0, 0.1) is 0 Å². The van der Waals surface area contributed by atoms with Crippen LogP contribution in [0.25, 0.3) is 0 Å². The number of piperidine rings is 1. The lowest BCUT2D eigenvalue weighted by Crippen LogP contribution is -2.39. The first-order chi connectivity index (χ1) is 14.1. The van der Waals surface area contributed by atoms with Crippen molar-refractivity contribution in [3.8, 4) is 0 Å². The van der Waals surface area contributed by atoms with Crippen molar-refractivity contribution in [2.45, 2.75) is 38.6 Å². The standard InChI is InChI=1S/C21H26N6O2/c1-14(28)27-12-7-18-17(13-27)20(22-2)25-19(24-18)15-5-10-26(11-6-15)21(29)16-3-8-23-9-4-16/h3-4,8-9,15H,5-7,10-13H2,1-2H3,(H,22,24,25). The number of amides is 2. The summed E-state index contributed by atoms with van der Waals surface area (Å²) in [6, 6.07) is 3.51. The average molecular weight is 394 g/mol. The molecule has 0 aromatic carbocycles. The predicted molar refractivity (Wildman–Crippen MR) is 108 cm³/mol. The third-order valence-corrected chi connectivity index (χ3v) is 5.83. The van der Waals surface area contributed by atoms with E-state index in [1.54, 1.807) is 31.5 Å². The summed E-state index contributed by atoms with van der Waals surface area (Å²) < 4.78 is 0. The van der Waals surface area contributed by atoms with Crippen LogP contribution < -0.4 is 5.32 Å². The molecule has 1 fully saturated rings. The van der Waals surface area contributed by atoms with Crippen molar-refractivity contribution < 1.29 is 9.59 Å². The molecule has 0 saturated carbocycles. The number of hydrogen-bond acceptors (Lipinski definition) is 6. The third kappa shape index (κ3) is 3.92. The number of likely N-dealkylation sites (tertiary alicyclic amines) is 1. The summed E-state index contributed by atoms with van der Waals surface area (Å²) in [6.45, 7) is 4.24. The van der Waals surface area contributed by atoms with E-state index in [-0.39, 0.29) is 17.7 Å². The SMILES string of the molecule is CNc1nc(C2CCN(C(=O)c3ccncc3)CC2)nc2c1CN(C(C)=O)CC2. The van der Waals surface area contributed by atoms with Gasteiger partial charge in [0.15, 0.2) is 0 Å². The summed E-state index contributed by atoms with van der Waals surface area (Å²) in [4.78, 5) is 41.7. The molecule has 1 saturated heterocycles. The zero-order valence-electron chi connectivity index (χ0n) is 16.9. The van der Waals surface area contributed by atoms with E-state index in [1.165, 1.54) is 0 Å². The van der Waals surface area contributed by atoms with Gasteiger partial charge in [0.25, 0.3) is 5.91 Å². The maximum atomic E-state index is 12.6. The van der Waals surface area contributed by atoms with Crippen LogP contribution >= 0.6 is 0 Å². The molecule has 152 valence electrons. The highest BCUT2D eigenvalue weighted by Gasteiger charge is 2.29. The molecular formula is C21H26N6O2. The maximum absolute atomic E-state index is 12.6. The summed E-state index contributed by atoms with van der Waals surface area (Å²) in [5.74, 6) is 2.02. The van der Waals surface area contributed by atoms with Crippen LogP contribution in [0.5, 0.6) is 0 Å². The molecular weight excluding hydrogens is 368 g/mol. The highest BCUT2D eigenvalue weighted by Crippen LogP contribution is 2.31. The van der Waals surface area contributed by atoms with E-state index in [1.807, 2.05) is 16.8 Å². The Morgan fingerprint density at radius 1 is 1.07 bits per heavy atom. The van der Waals surface area contributed by atoms with Crippen LogP contribution in [0.3, 0.4) is 0 Å². The van der Waals surface area contributed by atoms with Crippen LogP contribution in [0.1, 0.15) is 53.1 Å². The smallest absolute Gasteiger partial charge is 0.253 e. The van der Waals surface area contributed by atoms with E-state index in [2.05, 4.69) is 10.3 Å². The van der Waals surface area contributed by atoms with Gasteiger partial charge in [-0.1, -0.05) is 0 Å². The number of rotatable bonds is 3. The number of hydrogen-bond donors (Lipinski definition) is 1. The van der Waals surface area contributed by atoms with E-state index in [0.29, 0.717) is 31.7 Å². The van der Waals surface area contributed by atoms with Gasteiger partial charge < -0.3 is 15.1 Å². The lowest BCUT2D eigenvalue weighted by atomic mass is 9.94. The van der Waals surface area contributed by atoms with Gasteiger partial charge in [0.1, 0.15) is 11.6 Å². The summed E-state index contributed by atoms with van der Waals surface area (Å²) in [5.41, 5.74) is 2.73. The van der Waals surface area contributed by atoms with Gasteiger partial charge in [-0.05, 0) is 25.0 Å². The number of fused-ring (bicyclic) bond motifs is 1. The van der Waals surface area contributed by atoms with Gasteiger partial charge >= 0.3 is 0 Å². The van der Waals surface area contributed by atoms with Crippen molar-refractivity contribution in [2.75, 3.05) is 32.0 Å². The fraction of sp³-hybridized carbons (Fsp3) is 0.476. The van der Waals surface area contributed by atoms with Gasteiger partial charge in [-0.2, -0.15) is 0 Å². The van der Waals surface area contributed by atoms with Gasteiger partial charge in [-0.15, -0.1) is 0 Å². The molecule has 0 aliphatic carbocycles. The number of carbonyl (C=O) groups excluding carboxylic acids is 2. The Morgan fingerprint density at radius 3 is 2.45 bits per heavy atom. The normalized spacial score (nSPS) is 17.0. The molecule has 4 rings (SSSR count). The number of carbonyl (C=O) groups is 2. The second-order valence-corrected chi connectivity index (χ2v) is 7.60. The molecule has 2 aliphatic rings. The average Bonchev–Trinajstić information content (AvgIpc) is 2.78. The van der Waals surface area contributed by atoms with Crippen molar-refractivity contribution >= 4 is 17.6 Å². The van der Waals surface area contributed by atoms with Gasteiger partial charge in [0, 0.05) is 69.5 Å². The highest BCUT2D eigenvalue weighted by atomic mass is 16.2. The topological polar surface area (TPSA) is 91.3 Å². The molecule has 4 heterocycles. The highest BCUT2D eigenvalue weighted by molar-refractivity contribution is 5.94. The molecule has 8 heteroatoms. The van der Waals surface area contributed by atoms with E-state index < -0.39 is 0 Å². The summed E-state index contributed by atoms with van der Waals surface area (Å²) in [7, 11) is 1.86. The largest absolute Gasteiger partial charge is 0.373 e. The number of nitrogens with one attached hydrogen (secondary N) is 1. The van der Waals surface area contributed by atoms with Gasteiger partial charge in [0.2, 0.25) is 5.91 Å². The molecule has 29 heavy (non-hydrogen) atoms. The predicted octanol–water partition coefficient (Wildman–Crippen LogP) is 1.84. The summed E-state index contributed by atoms with van der Waals surface area (Å²) in [5, 5.41) is 3.18. The molecule has 0 unspecified atom stereocenters. The molecule has 0 spiro atoms. The second-order valence-electron chi connectivity index (χ2n) is 7.60. The van der Waals surface area contributed by atoms with E-state index >= 15 is 0 Å². The van der Waals surface area contributed by atoms with Gasteiger partial charge in [-0.3, -0.25) is 14.6 Å². The van der Waals surface area contributed by atoms with Crippen LogP contribution in [-0.4, -0.2) is 63.2 Å². The van der Waals surface area contributed by atoms with E-state index in [9.17, 15) is 9.59 Å². The van der Waals surface area contributed by atoms with Crippen molar-refractivity contribution in [1.29, 1.82) is 0 Å². The molecule has 0 bridgehead atoms. The molecule has 2 aromatic heterocycles. The lowest BCUT2D eigenvalue weighted by Gasteiger charge is -2.33. The molecule has 2 aliphatic heterocycles. The fourth-order valence-electron chi connectivity index (χ4n) is 4.11. The molecule has 0 radical (unpaired) electrons. The Balaban J connectivity index is 1.48. The Bertz CT molecular complexity index is 892. The first-order valence-electron chi connectivity index (χ1n) is 10.1. The fourth-order valence-corrected chi connectivity index (χ4v) is 4.11. The Labute approximate surface area is 170 Å². The number of aromatic nitrogens is 3. The zero-order valence-corrected chi connectivity index (χ0v) is 16.9. The van der Waals surface area contributed by atoms with Gasteiger partial charge in [0.05, 0.1) is 12.2 Å².